The van der Waals surface area contributed by atoms with E-state index in [4.69, 9.17) is 0 Å². The highest BCUT2D eigenvalue weighted by Gasteiger charge is 2.28. The molecule has 0 saturated carbocycles. The molecule has 1 saturated heterocycles. The number of carbonyl (C=O) groups is 2. The third-order valence-corrected chi connectivity index (χ3v) is 4.37. The second-order valence-corrected chi connectivity index (χ2v) is 5.92. The van der Waals surface area contributed by atoms with Crippen LogP contribution in [0.2, 0.25) is 0 Å². The van der Waals surface area contributed by atoms with Crippen molar-refractivity contribution in [3.8, 4) is 0 Å². The highest BCUT2D eigenvalue weighted by Crippen LogP contribution is 2.17. The van der Waals surface area contributed by atoms with Crippen molar-refractivity contribution in [2.24, 2.45) is 0 Å². The zero-order valence-corrected chi connectivity index (χ0v) is 12.3. The fraction of sp³-hybridized carbons (Fsp3) is 0.500. The molecule has 0 spiro atoms. The molecule has 112 valence electrons. The summed E-state index contributed by atoms with van der Waals surface area (Å²) >= 11 is 0. The number of likely N-dealkylation sites (N-methyl/N-ethyl adjacent to an activating group) is 1. The van der Waals surface area contributed by atoms with Crippen LogP contribution in [-0.4, -0.2) is 42.4 Å². The highest BCUT2D eigenvalue weighted by molar-refractivity contribution is 5.83. The number of hydrogen-bond donors (Lipinski definition) is 2. The van der Waals surface area contributed by atoms with Crippen LogP contribution in [0.1, 0.15) is 24.0 Å². The molecule has 1 aromatic carbocycles. The third-order valence-electron chi connectivity index (χ3n) is 4.37. The Hall–Kier alpha value is -1.88. The lowest BCUT2D eigenvalue weighted by Crippen LogP contribution is -2.54. The molecule has 0 aliphatic carbocycles. The molecule has 2 N–H and O–H groups in total. The maximum absolute atomic E-state index is 12.4. The molecule has 0 bridgehead atoms. The van der Waals surface area contributed by atoms with Crippen LogP contribution in [0.25, 0.3) is 0 Å². The Morgan fingerprint density at radius 3 is 2.86 bits per heavy atom. The van der Waals surface area contributed by atoms with Crippen molar-refractivity contribution in [1.29, 1.82) is 0 Å². The fourth-order valence-corrected chi connectivity index (χ4v) is 3.07. The Kier molecular flexibility index (Phi) is 3.92. The Bertz CT molecular complexity index is 558. The smallest absolute Gasteiger partial charge is 0.237 e. The average molecular weight is 287 g/mol. The second-order valence-electron chi connectivity index (χ2n) is 5.92. The molecule has 0 aromatic heterocycles. The van der Waals surface area contributed by atoms with Crippen LogP contribution in [0.4, 0.5) is 0 Å². The summed E-state index contributed by atoms with van der Waals surface area (Å²) in [5.74, 6) is 0.197. The summed E-state index contributed by atoms with van der Waals surface area (Å²) in [7, 11) is 1.79. The zero-order valence-electron chi connectivity index (χ0n) is 12.3. The first-order valence-corrected chi connectivity index (χ1v) is 7.48. The molecule has 5 nitrogen and oxygen atoms in total. The van der Waals surface area contributed by atoms with Crippen molar-refractivity contribution in [1.82, 2.24) is 15.5 Å². The Morgan fingerprint density at radius 1 is 1.33 bits per heavy atom. The molecule has 5 heteroatoms. The SMILES string of the molecule is CN1CC(NC(=O)C2Cc3ccccc3CN2)CCC1=O. The Balaban J connectivity index is 1.58. The van der Waals surface area contributed by atoms with Crippen LogP contribution < -0.4 is 10.6 Å². The first-order chi connectivity index (χ1) is 10.1. The third kappa shape index (κ3) is 3.08. The Morgan fingerprint density at radius 2 is 2.10 bits per heavy atom. The molecule has 3 rings (SSSR count). The van der Waals surface area contributed by atoms with Crippen LogP contribution in [0.5, 0.6) is 0 Å². The predicted octanol–water partition coefficient (Wildman–Crippen LogP) is 0.438. The average Bonchev–Trinajstić information content (AvgIpc) is 2.50. The van der Waals surface area contributed by atoms with Crippen molar-refractivity contribution in [2.45, 2.75) is 37.9 Å². The van der Waals surface area contributed by atoms with Gasteiger partial charge in [-0.25, -0.2) is 0 Å². The van der Waals surface area contributed by atoms with Crippen LogP contribution in [-0.2, 0) is 22.6 Å². The Labute approximate surface area is 124 Å². The van der Waals surface area contributed by atoms with Gasteiger partial charge in [0.15, 0.2) is 0 Å². The van der Waals surface area contributed by atoms with Gasteiger partial charge in [-0.15, -0.1) is 0 Å². The number of piperidine rings is 1. The van der Waals surface area contributed by atoms with Gasteiger partial charge in [-0.1, -0.05) is 24.3 Å². The molecular formula is C16H21N3O2. The minimum absolute atomic E-state index is 0.0391. The summed E-state index contributed by atoms with van der Waals surface area (Å²) in [4.78, 5) is 25.5. The quantitative estimate of drug-likeness (QED) is 0.829. The van der Waals surface area contributed by atoms with E-state index < -0.39 is 0 Å². The van der Waals surface area contributed by atoms with E-state index in [9.17, 15) is 9.59 Å². The highest BCUT2D eigenvalue weighted by atomic mass is 16.2. The molecular weight excluding hydrogens is 266 g/mol. The maximum atomic E-state index is 12.4. The van der Waals surface area contributed by atoms with Gasteiger partial charge in [-0.05, 0) is 24.0 Å². The van der Waals surface area contributed by atoms with E-state index in [1.165, 1.54) is 11.1 Å². The normalized spacial score (nSPS) is 25.4. The molecule has 1 aromatic rings. The lowest BCUT2D eigenvalue weighted by Gasteiger charge is -2.32. The molecule has 21 heavy (non-hydrogen) atoms. The topological polar surface area (TPSA) is 61.4 Å². The van der Waals surface area contributed by atoms with Gasteiger partial charge in [0.1, 0.15) is 0 Å². The van der Waals surface area contributed by atoms with Crippen LogP contribution in [0.3, 0.4) is 0 Å². The van der Waals surface area contributed by atoms with Crippen molar-refractivity contribution in [3.05, 3.63) is 35.4 Å². The minimum Gasteiger partial charge on any atom is -0.350 e. The molecule has 2 heterocycles. The van der Waals surface area contributed by atoms with E-state index in [0.29, 0.717) is 13.0 Å². The number of amides is 2. The van der Waals surface area contributed by atoms with Crippen molar-refractivity contribution in [3.63, 3.8) is 0 Å². The van der Waals surface area contributed by atoms with Gasteiger partial charge in [0.25, 0.3) is 0 Å². The largest absolute Gasteiger partial charge is 0.350 e. The molecule has 1 fully saturated rings. The number of likely N-dealkylation sites (tertiary alicyclic amines) is 1. The molecule has 2 amide bonds. The predicted molar refractivity (Wildman–Crippen MR) is 79.6 cm³/mol. The fourth-order valence-electron chi connectivity index (χ4n) is 3.07. The number of carbonyl (C=O) groups excluding carboxylic acids is 2. The molecule has 2 aliphatic rings. The van der Waals surface area contributed by atoms with Gasteiger partial charge in [-0.3, -0.25) is 9.59 Å². The lowest BCUT2D eigenvalue weighted by molar-refractivity contribution is -0.134. The van der Waals surface area contributed by atoms with Crippen molar-refractivity contribution in [2.75, 3.05) is 13.6 Å². The van der Waals surface area contributed by atoms with E-state index in [0.717, 1.165) is 19.4 Å². The standard InChI is InChI=1S/C16H21N3O2/c1-19-10-13(6-7-15(19)20)18-16(21)14-8-11-4-2-3-5-12(11)9-17-14/h2-5,13-14,17H,6-10H2,1H3,(H,18,21). The summed E-state index contributed by atoms with van der Waals surface area (Å²) in [6, 6.07) is 8.11. The van der Waals surface area contributed by atoms with Gasteiger partial charge < -0.3 is 15.5 Å². The molecule has 2 unspecified atom stereocenters. The van der Waals surface area contributed by atoms with E-state index in [-0.39, 0.29) is 23.9 Å². The first-order valence-electron chi connectivity index (χ1n) is 7.48. The number of benzene rings is 1. The first kappa shape index (κ1) is 14.1. The minimum atomic E-state index is -0.178. The number of rotatable bonds is 2. The summed E-state index contributed by atoms with van der Waals surface area (Å²) in [6.45, 7) is 1.34. The van der Waals surface area contributed by atoms with Gasteiger partial charge in [0.2, 0.25) is 11.8 Å². The van der Waals surface area contributed by atoms with E-state index in [2.05, 4.69) is 22.8 Å². The van der Waals surface area contributed by atoms with Crippen LogP contribution in [0.15, 0.2) is 24.3 Å². The summed E-state index contributed by atoms with van der Waals surface area (Å²) < 4.78 is 0. The monoisotopic (exact) mass is 287 g/mol. The van der Waals surface area contributed by atoms with Crippen molar-refractivity contribution >= 4 is 11.8 Å². The number of nitrogens with zero attached hydrogens (tertiary/aromatic N) is 1. The number of nitrogens with one attached hydrogen (secondary N) is 2. The number of fused-ring (bicyclic) bond motifs is 1. The lowest BCUT2D eigenvalue weighted by atomic mass is 9.95. The summed E-state index contributed by atoms with van der Waals surface area (Å²) in [5, 5.41) is 6.37. The summed E-state index contributed by atoms with van der Waals surface area (Å²) in [6.07, 6.45) is 1.98. The molecule has 0 radical (unpaired) electrons. The number of hydrogen-bond acceptors (Lipinski definition) is 3. The van der Waals surface area contributed by atoms with E-state index in [1.54, 1.807) is 11.9 Å². The molecule has 2 atom stereocenters. The van der Waals surface area contributed by atoms with Gasteiger partial charge in [0.05, 0.1) is 6.04 Å². The van der Waals surface area contributed by atoms with E-state index in [1.807, 2.05) is 12.1 Å². The molecule has 2 aliphatic heterocycles. The van der Waals surface area contributed by atoms with Crippen molar-refractivity contribution < 1.29 is 9.59 Å². The second kappa shape index (κ2) is 5.85. The summed E-state index contributed by atoms with van der Waals surface area (Å²) in [5.41, 5.74) is 2.51. The van der Waals surface area contributed by atoms with Crippen LogP contribution in [0, 0.1) is 0 Å². The maximum Gasteiger partial charge on any atom is 0.237 e. The van der Waals surface area contributed by atoms with Crippen LogP contribution >= 0.6 is 0 Å². The zero-order chi connectivity index (χ0) is 14.8. The van der Waals surface area contributed by atoms with E-state index >= 15 is 0 Å². The van der Waals surface area contributed by atoms with Gasteiger partial charge in [-0.2, -0.15) is 0 Å². The van der Waals surface area contributed by atoms with Gasteiger partial charge >= 0.3 is 0 Å². The van der Waals surface area contributed by atoms with Gasteiger partial charge in [0, 0.05) is 32.6 Å².